The predicted octanol–water partition coefficient (Wildman–Crippen LogP) is 3.74. The summed E-state index contributed by atoms with van der Waals surface area (Å²) in [5, 5.41) is 0. The zero-order valence-corrected chi connectivity index (χ0v) is 9.89. The molecule has 1 atom stereocenters. The Labute approximate surface area is 87.6 Å². The first-order valence-corrected chi connectivity index (χ1v) is 5.80. The van der Waals surface area contributed by atoms with Gasteiger partial charge in [0.1, 0.15) is 0 Å². The van der Waals surface area contributed by atoms with E-state index in [0.717, 1.165) is 24.8 Å². The van der Waals surface area contributed by atoms with Crippen molar-refractivity contribution in [1.29, 1.82) is 0 Å². The molecule has 1 aliphatic rings. The number of ketones is 1. The highest BCUT2D eigenvalue weighted by atomic mass is 16.1. The van der Waals surface area contributed by atoms with Crippen molar-refractivity contribution < 1.29 is 4.79 Å². The number of hydrogen-bond donors (Lipinski definition) is 0. The molecule has 0 radical (unpaired) electrons. The lowest BCUT2D eigenvalue weighted by molar-refractivity contribution is -0.115. The summed E-state index contributed by atoms with van der Waals surface area (Å²) in [6, 6.07) is 0. The molecule has 80 valence electrons. The molecule has 0 aliphatic heterocycles. The van der Waals surface area contributed by atoms with Gasteiger partial charge in [0, 0.05) is 6.42 Å². The molecule has 1 rings (SSSR count). The van der Waals surface area contributed by atoms with Gasteiger partial charge in [0.2, 0.25) is 0 Å². The molecule has 0 spiro atoms. The van der Waals surface area contributed by atoms with E-state index in [1.807, 2.05) is 0 Å². The molecule has 1 aliphatic carbocycles. The molecule has 0 N–H and O–H groups in total. The van der Waals surface area contributed by atoms with E-state index >= 15 is 0 Å². The lowest BCUT2D eigenvalue weighted by Gasteiger charge is -2.14. The highest BCUT2D eigenvalue weighted by Gasteiger charge is 2.30. The zero-order valence-electron chi connectivity index (χ0n) is 9.89. The predicted molar refractivity (Wildman–Crippen MR) is 60.2 cm³/mol. The Hall–Kier alpha value is -0.590. The van der Waals surface area contributed by atoms with Crippen molar-refractivity contribution in [1.82, 2.24) is 0 Å². The third-order valence-corrected chi connectivity index (χ3v) is 3.36. The van der Waals surface area contributed by atoms with Crippen molar-refractivity contribution in [2.45, 2.75) is 53.4 Å². The van der Waals surface area contributed by atoms with Gasteiger partial charge in [0.05, 0.1) is 0 Å². The van der Waals surface area contributed by atoms with Gasteiger partial charge in [-0.3, -0.25) is 4.79 Å². The molecule has 0 aromatic heterocycles. The zero-order chi connectivity index (χ0) is 10.7. The molecule has 0 fully saturated rings. The van der Waals surface area contributed by atoms with E-state index in [2.05, 4.69) is 27.7 Å². The minimum absolute atomic E-state index is 0.412. The van der Waals surface area contributed by atoms with E-state index in [1.165, 1.54) is 12.0 Å². The van der Waals surface area contributed by atoms with Crippen LogP contribution >= 0.6 is 0 Å². The van der Waals surface area contributed by atoms with Crippen LogP contribution in [0.25, 0.3) is 0 Å². The molecule has 0 amide bonds. The Morgan fingerprint density at radius 2 is 2.07 bits per heavy atom. The van der Waals surface area contributed by atoms with Crippen LogP contribution in [-0.2, 0) is 4.79 Å². The summed E-state index contributed by atoms with van der Waals surface area (Å²) >= 11 is 0. The number of carbonyl (C=O) groups excluding carboxylic acids is 1. The maximum absolute atomic E-state index is 11.7. The molecule has 0 saturated heterocycles. The first kappa shape index (κ1) is 11.5. The summed E-state index contributed by atoms with van der Waals surface area (Å²) in [6.45, 7) is 8.75. The lowest BCUT2D eigenvalue weighted by atomic mass is 9.90. The second-order valence-corrected chi connectivity index (χ2v) is 4.74. The second kappa shape index (κ2) is 4.77. The summed E-state index contributed by atoms with van der Waals surface area (Å²) in [5.74, 6) is 1.54. The molecule has 14 heavy (non-hydrogen) atoms. The minimum Gasteiger partial charge on any atom is -0.295 e. The SMILES string of the molecule is CCCCC1=C(C)[C@@H](C(C)C)CC1=O. The van der Waals surface area contributed by atoms with Gasteiger partial charge in [-0.1, -0.05) is 32.8 Å². The van der Waals surface area contributed by atoms with Crippen LogP contribution in [0.3, 0.4) is 0 Å². The number of allylic oxidation sites excluding steroid dienone is 2. The van der Waals surface area contributed by atoms with E-state index < -0.39 is 0 Å². The summed E-state index contributed by atoms with van der Waals surface area (Å²) in [5.41, 5.74) is 2.52. The van der Waals surface area contributed by atoms with Crippen molar-refractivity contribution in [3.8, 4) is 0 Å². The number of carbonyl (C=O) groups is 1. The van der Waals surface area contributed by atoms with Gasteiger partial charge in [-0.2, -0.15) is 0 Å². The maximum Gasteiger partial charge on any atom is 0.159 e. The van der Waals surface area contributed by atoms with Gasteiger partial charge in [-0.05, 0) is 37.2 Å². The largest absolute Gasteiger partial charge is 0.295 e. The molecule has 0 unspecified atom stereocenters. The molecular formula is C13H22O. The van der Waals surface area contributed by atoms with Crippen molar-refractivity contribution in [3.63, 3.8) is 0 Å². The van der Waals surface area contributed by atoms with Gasteiger partial charge in [0.15, 0.2) is 5.78 Å². The molecule has 0 bridgehead atoms. The monoisotopic (exact) mass is 194 g/mol. The summed E-state index contributed by atoms with van der Waals surface area (Å²) < 4.78 is 0. The highest BCUT2D eigenvalue weighted by molar-refractivity contribution is 5.99. The van der Waals surface area contributed by atoms with Gasteiger partial charge >= 0.3 is 0 Å². The fraction of sp³-hybridized carbons (Fsp3) is 0.769. The number of Topliss-reactive ketones (excluding diaryl/α,β-unsaturated/α-hetero) is 1. The van der Waals surface area contributed by atoms with Crippen LogP contribution < -0.4 is 0 Å². The van der Waals surface area contributed by atoms with Crippen LogP contribution in [0, 0.1) is 11.8 Å². The average Bonchev–Trinajstić information content (AvgIpc) is 2.40. The van der Waals surface area contributed by atoms with Crippen LogP contribution in [0.4, 0.5) is 0 Å². The van der Waals surface area contributed by atoms with E-state index in [0.29, 0.717) is 17.6 Å². The van der Waals surface area contributed by atoms with Gasteiger partial charge in [-0.25, -0.2) is 0 Å². The lowest BCUT2D eigenvalue weighted by Crippen LogP contribution is -2.07. The van der Waals surface area contributed by atoms with E-state index in [1.54, 1.807) is 0 Å². The normalized spacial score (nSPS) is 22.6. The number of hydrogen-bond acceptors (Lipinski definition) is 1. The fourth-order valence-electron chi connectivity index (χ4n) is 2.35. The molecule has 0 aromatic rings. The minimum atomic E-state index is 0.412. The topological polar surface area (TPSA) is 17.1 Å². The van der Waals surface area contributed by atoms with Gasteiger partial charge in [0.25, 0.3) is 0 Å². The Balaban J connectivity index is 2.74. The Kier molecular flexibility index (Phi) is 3.91. The van der Waals surface area contributed by atoms with Crippen molar-refractivity contribution in [2.75, 3.05) is 0 Å². The molecule has 1 nitrogen and oxygen atoms in total. The maximum atomic E-state index is 11.7. The molecule has 0 aromatic carbocycles. The molecule has 1 heteroatoms. The van der Waals surface area contributed by atoms with Crippen LogP contribution in [0.1, 0.15) is 53.4 Å². The Bertz CT molecular complexity index is 248. The van der Waals surface area contributed by atoms with Crippen molar-refractivity contribution in [3.05, 3.63) is 11.1 Å². The molecular weight excluding hydrogens is 172 g/mol. The first-order chi connectivity index (χ1) is 6.57. The standard InChI is InChI=1S/C13H22O/c1-5-6-7-11-10(4)12(9(2)3)8-13(11)14/h9,12H,5-8H2,1-4H3/t12-/m1/s1. The van der Waals surface area contributed by atoms with Gasteiger partial charge in [-0.15, -0.1) is 0 Å². The van der Waals surface area contributed by atoms with Gasteiger partial charge < -0.3 is 0 Å². The van der Waals surface area contributed by atoms with Crippen LogP contribution in [0.5, 0.6) is 0 Å². The summed E-state index contributed by atoms with van der Waals surface area (Å²) in [6.07, 6.45) is 4.10. The molecule has 0 heterocycles. The fourth-order valence-corrected chi connectivity index (χ4v) is 2.35. The van der Waals surface area contributed by atoms with Crippen LogP contribution in [0.15, 0.2) is 11.1 Å². The van der Waals surface area contributed by atoms with E-state index in [-0.39, 0.29) is 0 Å². The quantitative estimate of drug-likeness (QED) is 0.666. The highest BCUT2D eigenvalue weighted by Crippen LogP contribution is 2.36. The van der Waals surface area contributed by atoms with E-state index in [4.69, 9.17) is 0 Å². The third kappa shape index (κ3) is 2.26. The van der Waals surface area contributed by atoms with Crippen LogP contribution in [-0.4, -0.2) is 5.78 Å². The smallest absolute Gasteiger partial charge is 0.159 e. The van der Waals surface area contributed by atoms with E-state index in [9.17, 15) is 4.79 Å². The number of rotatable bonds is 4. The first-order valence-electron chi connectivity index (χ1n) is 5.80. The summed E-state index contributed by atoms with van der Waals surface area (Å²) in [4.78, 5) is 11.7. The average molecular weight is 194 g/mol. The van der Waals surface area contributed by atoms with Crippen LogP contribution in [0.2, 0.25) is 0 Å². The third-order valence-electron chi connectivity index (χ3n) is 3.36. The molecule has 0 saturated carbocycles. The summed E-state index contributed by atoms with van der Waals surface area (Å²) in [7, 11) is 0. The van der Waals surface area contributed by atoms with Crippen molar-refractivity contribution >= 4 is 5.78 Å². The Morgan fingerprint density at radius 1 is 1.43 bits per heavy atom. The Morgan fingerprint density at radius 3 is 2.50 bits per heavy atom. The van der Waals surface area contributed by atoms with Crippen molar-refractivity contribution in [2.24, 2.45) is 11.8 Å². The second-order valence-electron chi connectivity index (χ2n) is 4.74. The number of unbranched alkanes of at least 4 members (excludes halogenated alkanes) is 1.